The Kier molecular flexibility index (Phi) is 4.41. The molecule has 1 aliphatic heterocycles. The summed E-state index contributed by atoms with van der Waals surface area (Å²) in [4.78, 5) is 2.39. The van der Waals surface area contributed by atoms with E-state index < -0.39 is 0 Å². The van der Waals surface area contributed by atoms with E-state index in [-0.39, 0.29) is 17.4 Å². The maximum Gasteiger partial charge on any atom is 0.133 e. The number of methoxy groups -OCH3 is 1. The summed E-state index contributed by atoms with van der Waals surface area (Å²) in [6.07, 6.45) is 0. The number of nitriles is 1. The van der Waals surface area contributed by atoms with E-state index in [1.807, 2.05) is 6.07 Å². The van der Waals surface area contributed by atoms with Crippen LogP contribution in [0.4, 0.5) is 0 Å². The van der Waals surface area contributed by atoms with E-state index in [9.17, 15) is 5.26 Å². The lowest BCUT2D eigenvalue weighted by atomic mass is 9.90. The van der Waals surface area contributed by atoms with Crippen molar-refractivity contribution in [1.82, 2.24) is 4.90 Å². The van der Waals surface area contributed by atoms with Crippen molar-refractivity contribution < 1.29 is 4.74 Å². The molecular formula is C16H21BrN2O. The molecule has 1 saturated heterocycles. The molecule has 0 spiro atoms. The smallest absolute Gasteiger partial charge is 0.133 e. The van der Waals surface area contributed by atoms with Crippen LogP contribution in [-0.4, -0.2) is 30.6 Å². The zero-order valence-corrected chi connectivity index (χ0v) is 14.1. The second-order valence-electron chi connectivity index (χ2n) is 6.31. The monoisotopic (exact) mass is 336 g/mol. The second kappa shape index (κ2) is 5.75. The highest BCUT2D eigenvalue weighted by atomic mass is 79.9. The van der Waals surface area contributed by atoms with Crippen LogP contribution < -0.4 is 4.74 Å². The normalized spacial score (nSPS) is 23.6. The molecule has 0 radical (unpaired) electrons. The highest BCUT2D eigenvalue weighted by Gasteiger charge is 2.38. The average molecular weight is 337 g/mol. The minimum atomic E-state index is 0.0505. The highest BCUT2D eigenvalue weighted by molar-refractivity contribution is 9.10. The first-order valence-electron chi connectivity index (χ1n) is 6.85. The Balaban J connectivity index is 2.28. The molecule has 2 atom stereocenters. The predicted molar refractivity (Wildman–Crippen MR) is 83.9 cm³/mol. The number of halogens is 1. The molecule has 0 aliphatic carbocycles. The first kappa shape index (κ1) is 15.3. The summed E-state index contributed by atoms with van der Waals surface area (Å²) in [5.74, 6) is 1.14. The van der Waals surface area contributed by atoms with Crippen LogP contribution in [0.1, 0.15) is 32.3 Å². The van der Waals surface area contributed by atoms with Crippen LogP contribution in [-0.2, 0) is 0 Å². The summed E-state index contributed by atoms with van der Waals surface area (Å²) in [5.41, 5.74) is 1.31. The number of rotatable bonds is 2. The van der Waals surface area contributed by atoms with Gasteiger partial charge < -0.3 is 4.74 Å². The van der Waals surface area contributed by atoms with Gasteiger partial charge in [0, 0.05) is 24.5 Å². The molecule has 0 aromatic heterocycles. The van der Waals surface area contributed by atoms with E-state index >= 15 is 0 Å². The summed E-state index contributed by atoms with van der Waals surface area (Å²) in [7, 11) is 1.66. The average Bonchev–Trinajstić information content (AvgIpc) is 2.82. The van der Waals surface area contributed by atoms with Crippen LogP contribution in [0.2, 0.25) is 0 Å². The standard InChI is InChI=1S/C16H21BrN2O/c1-16(2,3)19-9-12(8-18)13(10-19)11-5-6-15(20-4)14(17)7-11/h5-7,12-13H,9-10H2,1-4H3/t12-,13+/m0/s1. The predicted octanol–water partition coefficient (Wildman–Crippen LogP) is 3.80. The summed E-state index contributed by atoms with van der Waals surface area (Å²) in [6, 6.07) is 8.60. The first-order chi connectivity index (χ1) is 9.36. The quantitative estimate of drug-likeness (QED) is 0.824. The van der Waals surface area contributed by atoms with E-state index in [0.717, 1.165) is 23.3 Å². The van der Waals surface area contributed by atoms with Crippen molar-refractivity contribution in [2.75, 3.05) is 20.2 Å². The Morgan fingerprint density at radius 2 is 2.05 bits per heavy atom. The van der Waals surface area contributed by atoms with Crippen molar-refractivity contribution in [3.05, 3.63) is 28.2 Å². The van der Waals surface area contributed by atoms with Crippen molar-refractivity contribution in [1.29, 1.82) is 5.26 Å². The maximum absolute atomic E-state index is 9.44. The largest absolute Gasteiger partial charge is 0.496 e. The topological polar surface area (TPSA) is 36.3 Å². The number of likely N-dealkylation sites (tertiary alicyclic amines) is 1. The van der Waals surface area contributed by atoms with Gasteiger partial charge in [0.25, 0.3) is 0 Å². The van der Waals surface area contributed by atoms with Gasteiger partial charge in [-0.05, 0) is 54.4 Å². The molecule has 2 rings (SSSR count). The number of ether oxygens (including phenoxy) is 1. The van der Waals surface area contributed by atoms with Gasteiger partial charge in [-0.3, -0.25) is 4.90 Å². The molecule has 4 heteroatoms. The van der Waals surface area contributed by atoms with Crippen LogP contribution in [0.15, 0.2) is 22.7 Å². The molecule has 0 bridgehead atoms. The SMILES string of the molecule is COc1ccc([C@H]2CN(C(C)(C)C)C[C@@H]2C#N)cc1Br. The van der Waals surface area contributed by atoms with E-state index in [2.05, 4.69) is 59.8 Å². The summed E-state index contributed by atoms with van der Waals surface area (Å²) >= 11 is 3.53. The molecule has 0 unspecified atom stereocenters. The van der Waals surface area contributed by atoms with Gasteiger partial charge in [0.1, 0.15) is 5.75 Å². The van der Waals surface area contributed by atoms with Crippen LogP contribution >= 0.6 is 15.9 Å². The van der Waals surface area contributed by atoms with Gasteiger partial charge in [0.15, 0.2) is 0 Å². The maximum atomic E-state index is 9.44. The summed E-state index contributed by atoms with van der Waals surface area (Å²) < 4.78 is 6.22. The van der Waals surface area contributed by atoms with Gasteiger partial charge in [0.05, 0.1) is 23.6 Å². The zero-order chi connectivity index (χ0) is 14.9. The van der Waals surface area contributed by atoms with Gasteiger partial charge in [0.2, 0.25) is 0 Å². The molecule has 0 N–H and O–H groups in total. The Bertz CT molecular complexity index is 530. The fourth-order valence-electron chi connectivity index (χ4n) is 2.73. The van der Waals surface area contributed by atoms with Crippen LogP contribution in [0.5, 0.6) is 5.75 Å². The number of hydrogen-bond donors (Lipinski definition) is 0. The summed E-state index contributed by atoms with van der Waals surface area (Å²) in [6.45, 7) is 8.38. The molecule has 1 aromatic rings. The Labute approximate surface area is 129 Å². The van der Waals surface area contributed by atoms with Gasteiger partial charge in [-0.1, -0.05) is 6.07 Å². The third-order valence-corrected chi connectivity index (χ3v) is 4.66. The lowest BCUT2D eigenvalue weighted by molar-refractivity contribution is 0.170. The fraction of sp³-hybridized carbons (Fsp3) is 0.562. The Hall–Kier alpha value is -1.05. The Morgan fingerprint density at radius 1 is 1.35 bits per heavy atom. The van der Waals surface area contributed by atoms with E-state index in [1.165, 1.54) is 5.56 Å². The van der Waals surface area contributed by atoms with Gasteiger partial charge in [-0.15, -0.1) is 0 Å². The van der Waals surface area contributed by atoms with Crippen LogP contribution in [0.25, 0.3) is 0 Å². The molecular weight excluding hydrogens is 316 g/mol. The van der Waals surface area contributed by atoms with Crippen molar-refractivity contribution in [2.45, 2.75) is 32.2 Å². The number of hydrogen-bond acceptors (Lipinski definition) is 3. The summed E-state index contributed by atoms with van der Waals surface area (Å²) in [5, 5.41) is 9.44. The third-order valence-electron chi connectivity index (χ3n) is 4.04. The molecule has 1 aromatic carbocycles. The van der Waals surface area contributed by atoms with Crippen molar-refractivity contribution >= 4 is 15.9 Å². The van der Waals surface area contributed by atoms with Crippen molar-refractivity contribution in [3.63, 3.8) is 0 Å². The van der Waals surface area contributed by atoms with Crippen LogP contribution in [0.3, 0.4) is 0 Å². The fourth-order valence-corrected chi connectivity index (χ4v) is 3.29. The Morgan fingerprint density at radius 3 is 2.55 bits per heavy atom. The zero-order valence-electron chi connectivity index (χ0n) is 12.5. The van der Waals surface area contributed by atoms with Crippen molar-refractivity contribution in [2.24, 2.45) is 5.92 Å². The molecule has 0 amide bonds. The highest BCUT2D eigenvalue weighted by Crippen LogP contribution is 2.38. The molecule has 1 aliphatic rings. The van der Waals surface area contributed by atoms with Gasteiger partial charge >= 0.3 is 0 Å². The first-order valence-corrected chi connectivity index (χ1v) is 7.64. The van der Waals surface area contributed by atoms with Gasteiger partial charge in [-0.2, -0.15) is 5.26 Å². The molecule has 0 saturated carbocycles. The van der Waals surface area contributed by atoms with E-state index in [1.54, 1.807) is 7.11 Å². The lowest BCUT2D eigenvalue weighted by Gasteiger charge is -2.31. The second-order valence-corrected chi connectivity index (χ2v) is 7.17. The lowest BCUT2D eigenvalue weighted by Crippen LogP contribution is -2.39. The van der Waals surface area contributed by atoms with Gasteiger partial charge in [-0.25, -0.2) is 0 Å². The molecule has 108 valence electrons. The molecule has 3 nitrogen and oxygen atoms in total. The number of nitrogens with zero attached hydrogens (tertiary/aromatic N) is 2. The van der Waals surface area contributed by atoms with Crippen molar-refractivity contribution in [3.8, 4) is 11.8 Å². The molecule has 20 heavy (non-hydrogen) atoms. The van der Waals surface area contributed by atoms with E-state index in [4.69, 9.17) is 4.74 Å². The molecule has 1 heterocycles. The third kappa shape index (κ3) is 2.99. The minimum Gasteiger partial charge on any atom is -0.496 e. The molecule has 1 fully saturated rings. The number of benzene rings is 1. The van der Waals surface area contributed by atoms with E-state index in [0.29, 0.717) is 0 Å². The van der Waals surface area contributed by atoms with Crippen LogP contribution in [0, 0.1) is 17.2 Å². The minimum absolute atomic E-state index is 0.0505.